The van der Waals surface area contributed by atoms with Crippen molar-refractivity contribution < 1.29 is 0 Å². The summed E-state index contributed by atoms with van der Waals surface area (Å²) in [7, 11) is 0. The maximum atomic E-state index is 4.91. The largest absolute Gasteiger partial charge is 0.312 e. The molecule has 4 heterocycles. The van der Waals surface area contributed by atoms with E-state index in [0.717, 1.165) is 30.8 Å². The molecule has 0 saturated carbocycles. The van der Waals surface area contributed by atoms with Crippen LogP contribution >= 0.6 is 0 Å². The van der Waals surface area contributed by atoms with Crippen molar-refractivity contribution in [1.82, 2.24) is 25.2 Å². The lowest BCUT2D eigenvalue weighted by molar-refractivity contribution is 0.342. The molecular weight excluding hydrogens is 274 g/mol. The highest BCUT2D eigenvalue weighted by Gasteiger charge is 2.24. The molecule has 2 unspecified atom stereocenters. The molecule has 2 aromatic rings. The van der Waals surface area contributed by atoms with E-state index >= 15 is 0 Å². The number of piperidine rings is 2. The van der Waals surface area contributed by atoms with E-state index in [1.54, 1.807) is 0 Å². The average molecular weight is 299 g/mol. The second-order valence-electron chi connectivity index (χ2n) is 6.58. The monoisotopic (exact) mass is 299 g/mol. The first kappa shape index (κ1) is 14.2. The molecular formula is C17H25N5. The second-order valence-corrected chi connectivity index (χ2v) is 6.58. The van der Waals surface area contributed by atoms with Gasteiger partial charge in [0.25, 0.3) is 0 Å². The first-order chi connectivity index (χ1) is 10.9. The Hall–Kier alpha value is -1.46. The number of hydrogen-bond acceptors (Lipinski definition) is 4. The molecule has 118 valence electrons. The van der Waals surface area contributed by atoms with Gasteiger partial charge in [0.05, 0.1) is 6.04 Å². The number of nitrogens with one attached hydrogen (secondary N) is 2. The third-order valence-electron chi connectivity index (χ3n) is 4.97. The fourth-order valence-corrected chi connectivity index (χ4v) is 3.79. The van der Waals surface area contributed by atoms with Crippen molar-refractivity contribution in [3.8, 4) is 0 Å². The van der Waals surface area contributed by atoms with Crippen molar-refractivity contribution in [2.75, 3.05) is 13.1 Å². The Balaban J connectivity index is 1.69. The molecule has 2 N–H and O–H groups in total. The van der Waals surface area contributed by atoms with E-state index < -0.39 is 0 Å². The van der Waals surface area contributed by atoms with Crippen molar-refractivity contribution in [2.45, 2.75) is 57.2 Å². The van der Waals surface area contributed by atoms with E-state index in [0.29, 0.717) is 12.1 Å². The highest BCUT2D eigenvalue weighted by atomic mass is 15.2. The number of imidazole rings is 1. The Kier molecular flexibility index (Phi) is 4.08. The maximum Gasteiger partial charge on any atom is 0.160 e. The van der Waals surface area contributed by atoms with Gasteiger partial charge in [-0.25, -0.2) is 9.97 Å². The molecule has 5 heteroatoms. The van der Waals surface area contributed by atoms with Gasteiger partial charge in [-0.3, -0.25) is 0 Å². The lowest BCUT2D eigenvalue weighted by atomic mass is 10.0. The Morgan fingerprint density at radius 2 is 1.95 bits per heavy atom. The SMILES string of the molecule is c1cnc2c(c1)nc(C1CCCCN1)n2CC1CCCCN1. The molecule has 22 heavy (non-hydrogen) atoms. The minimum absolute atomic E-state index is 0.381. The van der Waals surface area contributed by atoms with Crippen molar-refractivity contribution in [3.05, 3.63) is 24.2 Å². The van der Waals surface area contributed by atoms with Crippen LogP contribution in [0.1, 0.15) is 50.4 Å². The van der Waals surface area contributed by atoms with E-state index in [2.05, 4.69) is 26.3 Å². The molecule has 2 aliphatic rings. The topological polar surface area (TPSA) is 54.8 Å². The minimum Gasteiger partial charge on any atom is -0.312 e. The zero-order valence-electron chi connectivity index (χ0n) is 13.1. The van der Waals surface area contributed by atoms with Gasteiger partial charge in [0.15, 0.2) is 5.65 Å². The lowest BCUT2D eigenvalue weighted by Crippen LogP contribution is -2.38. The van der Waals surface area contributed by atoms with Gasteiger partial charge in [-0.1, -0.05) is 12.8 Å². The van der Waals surface area contributed by atoms with Crippen molar-refractivity contribution in [1.29, 1.82) is 0 Å². The molecule has 2 aliphatic heterocycles. The van der Waals surface area contributed by atoms with Gasteiger partial charge in [0.2, 0.25) is 0 Å². The van der Waals surface area contributed by atoms with Gasteiger partial charge in [-0.2, -0.15) is 0 Å². The second kappa shape index (κ2) is 6.34. The summed E-state index contributed by atoms with van der Waals surface area (Å²) in [5.41, 5.74) is 2.07. The van der Waals surface area contributed by atoms with Crippen LogP contribution < -0.4 is 10.6 Å². The van der Waals surface area contributed by atoms with Crippen LogP contribution in [0.5, 0.6) is 0 Å². The predicted molar refractivity (Wildman–Crippen MR) is 87.8 cm³/mol. The van der Waals surface area contributed by atoms with E-state index in [9.17, 15) is 0 Å². The summed E-state index contributed by atoms with van der Waals surface area (Å²) in [5.74, 6) is 1.18. The first-order valence-corrected chi connectivity index (χ1v) is 8.70. The van der Waals surface area contributed by atoms with Crippen LogP contribution in [0.2, 0.25) is 0 Å². The Labute approximate surface area is 131 Å². The third-order valence-corrected chi connectivity index (χ3v) is 4.97. The molecule has 0 aliphatic carbocycles. The van der Waals surface area contributed by atoms with E-state index in [1.807, 2.05) is 12.3 Å². The summed E-state index contributed by atoms with van der Waals surface area (Å²) in [5, 5.41) is 7.30. The Bertz CT molecular complexity index is 623. The fraction of sp³-hybridized carbons (Fsp3) is 0.647. The van der Waals surface area contributed by atoms with E-state index in [-0.39, 0.29) is 0 Å². The molecule has 2 aromatic heterocycles. The van der Waals surface area contributed by atoms with Crippen molar-refractivity contribution >= 4 is 11.2 Å². The van der Waals surface area contributed by atoms with Gasteiger partial charge in [-0.05, 0) is 50.9 Å². The maximum absolute atomic E-state index is 4.91. The molecule has 0 amide bonds. The Morgan fingerprint density at radius 1 is 1.09 bits per heavy atom. The quantitative estimate of drug-likeness (QED) is 0.914. The predicted octanol–water partition coefficient (Wildman–Crippen LogP) is 2.39. The van der Waals surface area contributed by atoms with Crippen LogP contribution in [-0.2, 0) is 6.54 Å². The van der Waals surface area contributed by atoms with Crippen LogP contribution in [0.25, 0.3) is 11.2 Å². The fourth-order valence-electron chi connectivity index (χ4n) is 3.79. The number of pyridine rings is 1. The molecule has 0 spiro atoms. The van der Waals surface area contributed by atoms with Gasteiger partial charge >= 0.3 is 0 Å². The van der Waals surface area contributed by atoms with Crippen LogP contribution in [0.15, 0.2) is 18.3 Å². The zero-order chi connectivity index (χ0) is 14.8. The minimum atomic E-state index is 0.381. The number of hydrogen-bond donors (Lipinski definition) is 2. The number of rotatable bonds is 3. The average Bonchev–Trinajstić information content (AvgIpc) is 2.95. The van der Waals surface area contributed by atoms with E-state index in [1.165, 1.54) is 44.3 Å². The summed E-state index contributed by atoms with van der Waals surface area (Å²) < 4.78 is 2.36. The number of nitrogens with zero attached hydrogens (tertiary/aromatic N) is 3. The van der Waals surface area contributed by atoms with Crippen molar-refractivity contribution in [3.63, 3.8) is 0 Å². The lowest BCUT2D eigenvalue weighted by Gasteiger charge is -2.27. The third kappa shape index (κ3) is 2.75. The number of aromatic nitrogens is 3. The summed E-state index contributed by atoms with van der Waals surface area (Å²) in [4.78, 5) is 9.52. The summed E-state index contributed by atoms with van der Waals surface area (Å²) >= 11 is 0. The first-order valence-electron chi connectivity index (χ1n) is 8.70. The van der Waals surface area contributed by atoms with Gasteiger partial charge in [0.1, 0.15) is 11.3 Å². The molecule has 2 saturated heterocycles. The van der Waals surface area contributed by atoms with Crippen LogP contribution in [0, 0.1) is 0 Å². The summed E-state index contributed by atoms with van der Waals surface area (Å²) in [6, 6.07) is 5.00. The molecule has 2 atom stereocenters. The zero-order valence-corrected chi connectivity index (χ0v) is 13.1. The molecule has 4 rings (SSSR count). The molecule has 0 radical (unpaired) electrons. The Morgan fingerprint density at radius 3 is 2.73 bits per heavy atom. The molecule has 0 aromatic carbocycles. The van der Waals surface area contributed by atoms with Crippen molar-refractivity contribution in [2.24, 2.45) is 0 Å². The normalized spacial score (nSPS) is 26.4. The van der Waals surface area contributed by atoms with Crippen LogP contribution in [-0.4, -0.2) is 33.7 Å². The summed E-state index contributed by atoms with van der Waals surface area (Å²) in [6.07, 6.45) is 9.51. The van der Waals surface area contributed by atoms with Gasteiger partial charge in [0, 0.05) is 18.8 Å². The summed E-state index contributed by atoms with van der Waals surface area (Å²) in [6.45, 7) is 3.23. The number of fused-ring (bicyclic) bond motifs is 1. The van der Waals surface area contributed by atoms with Gasteiger partial charge < -0.3 is 15.2 Å². The van der Waals surface area contributed by atoms with Crippen LogP contribution in [0.4, 0.5) is 0 Å². The molecule has 0 bridgehead atoms. The molecule has 5 nitrogen and oxygen atoms in total. The highest BCUT2D eigenvalue weighted by Crippen LogP contribution is 2.26. The van der Waals surface area contributed by atoms with E-state index in [4.69, 9.17) is 4.98 Å². The molecule has 2 fully saturated rings. The van der Waals surface area contributed by atoms with Gasteiger partial charge in [-0.15, -0.1) is 0 Å². The smallest absolute Gasteiger partial charge is 0.160 e. The van der Waals surface area contributed by atoms with Crippen LogP contribution in [0.3, 0.4) is 0 Å². The highest BCUT2D eigenvalue weighted by molar-refractivity contribution is 5.71. The standard InChI is InChI=1S/C17H25N5/c1-3-9-18-13(6-1)12-22-16-15(8-5-11-20-16)21-17(22)14-7-2-4-10-19-14/h5,8,11,13-14,18-19H,1-4,6-7,9-10,12H2.